The summed E-state index contributed by atoms with van der Waals surface area (Å²) in [6, 6.07) is 11.5. The molecule has 0 aliphatic carbocycles. The van der Waals surface area contributed by atoms with Crippen molar-refractivity contribution in [2.45, 2.75) is 6.54 Å². The fourth-order valence-corrected chi connectivity index (χ4v) is 3.04. The van der Waals surface area contributed by atoms with Crippen LogP contribution in [-0.4, -0.2) is 39.8 Å². The largest absolute Gasteiger partial charge is 0.463 e. The number of carbonyl (C=O) groups excluding carboxylic acids is 3. The highest BCUT2D eigenvalue weighted by Crippen LogP contribution is 2.24. The molecule has 0 radical (unpaired) electrons. The van der Waals surface area contributed by atoms with E-state index >= 15 is 0 Å². The third-order valence-electron chi connectivity index (χ3n) is 4.65. The first kappa shape index (κ1) is 22.2. The van der Waals surface area contributed by atoms with E-state index in [2.05, 4.69) is 15.0 Å². The van der Waals surface area contributed by atoms with E-state index in [1.165, 1.54) is 37.5 Å². The standard InChI is InChI=1S/C22H16N4O8/c1-32-21(28)18-7-6-16(33-18)12-25-20(27)17(24-22(25)29)10-13-3-2-4-15(9-13)34-19-8-5-14(11-23-19)26(30)31/h2-11H,12H2,1H3,(H,24,29)/b17-10-. The zero-order chi connectivity index (χ0) is 24.2. The van der Waals surface area contributed by atoms with Crippen molar-refractivity contribution < 1.29 is 33.2 Å². The molecule has 0 spiro atoms. The first-order valence-electron chi connectivity index (χ1n) is 9.74. The van der Waals surface area contributed by atoms with E-state index in [9.17, 15) is 24.5 Å². The summed E-state index contributed by atoms with van der Waals surface area (Å²) in [5.74, 6) is -0.540. The van der Waals surface area contributed by atoms with Gasteiger partial charge >= 0.3 is 12.0 Å². The summed E-state index contributed by atoms with van der Waals surface area (Å²) in [6.07, 6.45) is 2.55. The van der Waals surface area contributed by atoms with E-state index < -0.39 is 22.8 Å². The van der Waals surface area contributed by atoms with Crippen molar-refractivity contribution in [3.05, 3.63) is 87.6 Å². The van der Waals surface area contributed by atoms with Gasteiger partial charge in [0.2, 0.25) is 11.6 Å². The van der Waals surface area contributed by atoms with E-state index in [4.69, 9.17) is 9.15 Å². The number of nitro groups is 1. The second kappa shape index (κ2) is 9.24. The highest BCUT2D eigenvalue weighted by atomic mass is 16.6. The maximum atomic E-state index is 12.7. The topological polar surface area (TPSA) is 154 Å². The van der Waals surface area contributed by atoms with Crippen LogP contribution in [0.5, 0.6) is 11.6 Å². The number of benzene rings is 1. The van der Waals surface area contributed by atoms with Gasteiger partial charge in [0.15, 0.2) is 0 Å². The zero-order valence-corrected chi connectivity index (χ0v) is 17.6. The van der Waals surface area contributed by atoms with Crippen molar-refractivity contribution in [2.24, 2.45) is 0 Å². The van der Waals surface area contributed by atoms with Crippen LogP contribution in [0.2, 0.25) is 0 Å². The van der Waals surface area contributed by atoms with E-state index in [-0.39, 0.29) is 35.3 Å². The summed E-state index contributed by atoms with van der Waals surface area (Å²) < 4.78 is 15.5. The Balaban J connectivity index is 1.47. The second-order valence-electron chi connectivity index (χ2n) is 6.92. The van der Waals surface area contributed by atoms with Gasteiger partial charge in [0.25, 0.3) is 11.6 Å². The smallest absolute Gasteiger partial charge is 0.373 e. The van der Waals surface area contributed by atoms with Crippen molar-refractivity contribution in [1.29, 1.82) is 0 Å². The summed E-state index contributed by atoms with van der Waals surface area (Å²) >= 11 is 0. The molecule has 0 atom stereocenters. The Hall–Kier alpha value is -5.00. The van der Waals surface area contributed by atoms with E-state index in [0.29, 0.717) is 11.3 Å². The summed E-state index contributed by atoms with van der Waals surface area (Å²) in [6.45, 7) is -0.173. The van der Waals surface area contributed by atoms with Gasteiger partial charge in [-0.25, -0.2) is 14.6 Å². The molecule has 0 saturated carbocycles. The number of methoxy groups -OCH3 is 1. The van der Waals surface area contributed by atoms with Gasteiger partial charge in [0.1, 0.15) is 23.4 Å². The van der Waals surface area contributed by atoms with Crippen LogP contribution in [0.4, 0.5) is 10.5 Å². The third kappa shape index (κ3) is 4.75. The molecule has 1 aromatic carbocycles. The molecule has 34 heavy (non-hydrogen) atoms. The lowest BCUT2D eigenvalue weighted by molar-refractivity contribution is -0.385. The lowest BCUT2D eigenvalue weighted by atomic mass is 10.2. The molecule has 1 saturated heterocycles. The molecule has 12 heteroatoms. The van der Waals surface area contributed by atoms with Crippen LogP contribution in [0.3, 0.4) is 0 Å². The number of carbonyl (C=O) groups is 3. The van der Waals surface area contributed by atoms with Crippen LogP contribution >= 0.6 is 0 Å². The number of aromatic nitrogens is 1. The molecule has 1 fully saturated rings. The molecule has 172 valence electrons. The number of urea groups is 1. The molecule has 2 aromatic heterocycles. The number of nitrogens with zero attached hydrogens (tertiary/aromatic N) is 3. The molecule has 1 N–H and O–H groups in total. The van der Waals surface area contributed by atoms with Gasteiger partial charge in [-0.05, 0) is 35.9 Å². The maximum absolute atomic E-state index is 12.7. The highest BCUT2D eigenvalue weighted by Gasteiger charge is 2.34. The minimum atomic E-state index is -0.671. The van der Waals surface area contributed by atoms with Gasteiger partial charge in [0, 0.05) is 12.1 Å². The van der Waals surface area contributed by atoms with Gasteiger partial charge in [-0.3, -0.25) is 19.8 Å². The first-order valence-corrected chi connectivity index (χ1v) is 9.74. The predicted molar refractivity (Wildman–Crippen MR) is 115 cm³/mol. The normalized spacial score (nSPS) is 14.3. The van der Waals surface area contributed by atoms with Crippen molar-refractivity contribution in [3.8, 4) is 11.6 Å². The minimum absolute atomic E-state index is 0.0374. The molecule has 3 aromatic rings. The lowest BCUT2D eigenvalue weighted by Gasteiger charge is -2.09. The Labute approximate surface area is 191 Å². The summed E-state index contributed by atoms with van der Waals surface area (Å²) in [7, 11) is 1.21. The third-order valence-corrected chi connectivity index (χ3v) is 4.65. The fourth-order valence-electron chi connectivity index (χ4n) is 3.04. The molecular formula is C22H16N4O8. The van der Waals surface area contributed by atoms with E-state index in [0.717, 1.165) is 11.1 Å². The number of amides is 3. The number of nitrogens with one attached hydrogen (secondary N) is 1. The number of hydrogen-bond acceptors (Lipinski definition) is 9. The minimum Gasteiger partial charge on any atom is -0.463 e. The molecule has 0 unspecified atom stereocenters. The van der Waals surface area contributed by atoms with Crippen LogP contribution in [-0.2, 0) is 16.1 Å². The first-order chi connectivity index (χ1) is 16.3. The van der Waals surface area contributed by atoms with Gasteiger partial charge in [-0.2, -0.15) is 0 Å². The van der Waals surface area contributed by atoms with Gasteiger partial charge in [0.05, 0.1) is 18.6 Å². The second-order valence-corrected chi connectivity index (χ2v) is 6.92. The molecule has 1 aliphatic heterocycles. The van der Waals surface area contributed by atoms with Crippen LogP contribution in [0.15, 0.2) is 64.8 Å². The molecule has 1 aliphatic rings. The number of esters is 1. The molecule has 0 bridgehead atoms. The Kier molecular flexibility index (Phi) is 6.03. The molecular weight excluding hydrogens is 448 g/mol. The van der Waals surface area contributed by atoms with Gasteiger partial charge in [-0.15, -0.1) is 0 Å². The lowest BCUT2D eigenvalue weighted by Crippen LogP contribution is -2.30. The number of ether oxygens (including phenoxy) is 2. The number of imide groups is 1. The molecule has 3 heterocycles. The molecule has 3 amide bonds. The van der Waals surface area contributed by atoms with Crippen molar-refractivity contribution in [3.63, 3.8) is 0 Å². The Bertz CT molecular complexity index is 1310. The van der Waals surface area contributed by atoms with Crippen LogP contribution in [0, 0.1) is 10.1 Å². The van der Waals surface area contributed by atoms with Crippen LogP contribution < -0.4 is 10.1 Å². The van der Waals surface area contributed by atoms with Crippen molar-refractivity contribution >= 4 is 29.7 Å². The van der Waals surface area contributed by atoms with Gasteiger partial charge in [-0.1, -0.05) is 12.1 Å². The Morgan fingerprint density at radius 2 is 2.06 bits per heavy atom. The fraction of sp³-hybridized carbons (Fsp3) is 0.0909. The molecule has 4 rings (SSSR count). The van der Waals surface area contributed by atoms with Crippen molar-refractivity contribution in [1.82, 2.24) is 15.2 Å². The summed E-state index contributed by atoms with van der Waals surface area (Å²) in [5.41, 5.74) is 0.424. The quantitative estimate of drug-likeness (QED) is 0.182. The zero-order valence-electron chi connectivity index (χ0n) is 17.6. The maximum Gasteiger partial charge on any atom is 0.373 e. The summed E-state index contributed by atoms with van der Waals surface area (Å²) in [4.78, 5) is 51.5. The van der Waals surface area contributed by atoms with Crippen molar-refractivity contribution in [2.75, 3.05) is 7.11 Å². The van der Waals surface area contributed by atoms with E-state index in [1.54, 1.807) is 24.3 Å². The van der Waals surface area contributed by atoms with Crippen LogP contribution in [0.1, 0.15) is 21.9 Å². The Morgan fingerprint density at radius 3 is 2.76 bits per heavy atom. The predicted octanol–water partition coefficient (Wildman–Crippen LogP) is 3.25. The summed E-state index contributed by atoms with van der Waals surface area (Å²) in [5, 5.41) is 13.2. The Morgan fingerprint density at radius 1 is 1.24 bits per heavy atom. The van der Waals surface area contributed by atoms with E-state index in [1.807, 2.05) is 0 Å². The number of furan rings is 1. The number of pyridine rings is 1. The van der Waals surface area contributed by atoms with Crippen LogP contribution in [0.25, 0.3) is 6.08 Å². The monoisotopic (exact) mass is 464 g/mol. The number of rotatable bonds is 7. The molecule has 12 nitrogen and oxygen atoms in total. The number of hydrogen-bond donors (Lipinski definition) is 1. The average molecular weight is 464 g/mol. The van der Waals surface area contributed by atoms with Gasteiger partial charge < -0.3 is 19.2 Å². The SMILES string of the molecule is COC(=O)c1ccc(CN2C(=O)N/C(=C\c3cccc(Oc4ccc([N+](=O)[O-])cn4)c3)C2=O)o1. The highest BCUT2D eigenvalue weighted by molar-refractivity contribution is 6.13. The average Bonchev–Trinajstić information content (AvgIpc) is 3.40.